The molecule has 0 radical (unpaired) electrons. The van der Waals surface area contributed by atoms with Gasteiger partial charge in [-0.05, 0) is 68.7 Å². The van der Waals surface area contributed by atoms with Crippen LogP contribution in [0.1, 0.15) is 36.5 Å². The monoisotopic (exact) mass is 1110 g/mol. The number of nitrogens with zero attached hydrogens (tertiary/aromatic N) is 7. The van der Waals surface area contributed by atoms with Crippen molar-refractivity contribution in [2.45, 2.75) is 41.5 Å². The van der Waals surface area contributed by atoms with E-state index in [-0.39, 0.29) is 37.4 Å². The molecule has 8 nitrogen and oxygen atoms in total. The van der Waals surface area contributed by atoms with Crippen LogP contribution >= 0.6 is 69.6 Å². The van der Waals surface area contributed by atoms with Crippen molar-refractivity contribution < 1.29 is 31.4 Å². The van der Waals surface area contributed by atoms with E-state index >= 15 is 0 Å². The molecule has 9 rings (SSSR count). The summed E-state index contributed by atoms with van der Waals surface area (Å²) >= 11 is 36.5. The van der Waals surface area contributed by atoms with Crippen molar-refractivity contribution in [1.29, 1.82) is 0 Å². The van der Waals surface area contributed by atoms with Crippen molar-refractivity contribution in [2.24, 2.45) is 0 Å². The molecule has 0 aliphatic carbocycles. The van der Waals surface area contributed by atoms with Gasteiger partial charge in [0.05, 0.1) is 50.7 Å². The smallest absolute Gasteiger partial charge is 0.161 e. The van der Waals surface area contributed by atoms with Crippen LogP contribution in [0.3, 0.4) is 0 Å². The minimum Gasteiger partial charge on any atom is -0.506 e. The Labute approximate surface area is 445 Å². The maximum atomic E-state index is 14.3. The Morgan fingerprint density at radius 1 is 0.384 bits per heavy atom. The normalized spacial score (nSPS) is 10.7. The second kappa shape index (κ2) is 24.6. The molecule has 0 spiro atoms. The van der Waals surface area contributed by atoms with Crippen molar-refractivity contribution in [3.05, 3.63) is 197 Å². The van der Waals surface area contributed by atoms with Crippen LogP contribution in [0.2, 0.25) is 30.5 Å². The zero-order valence-corrected chi connectivity index (χ0v) is 43.5. The van der Waals surface area contributed by atoms with Gasteiger partial charge in [0.15, 0.2) is 15.5 Å². The summed E-state index contributed by atoms with van der Waals surface area (Å²) in [5.74, 6) is -6.28. The van der Waals surface area contributed by atoms with Crippen LogP contribution in [0.4, 0.5) is 26.3 Å². The first-order valence-electron chi connectivity index (χ1n) is 21.6. The molecule has 0 saturated heterocycles. The molecule has 0 amide bonds. The SMILES string of the molecule is CC.Cc1ccc(-c2c(C)nnc(Cl)c2-c2c(F)cc(F)cc2F)cc1.Cc1nnc(Cl)c(-c2c(F)cc(F)cc2F)c1-c1ccc(Cl)cc1.Cc1nnc(Cl)c(-c2ncc(O)cc2Cl)c1-c1ccc(Cl)cc1. The second-order valence-electron chi connectivity index (χ2n) is 15.4. The number of aromatic hydroxyl groups is 1. The predicted molar refractivity (Wildman–Crippen MR) is 278 cm³/mol. The van der Waals surface area contributed by atoms with Gasteiger partial charge in [0, 0.05) is 68.2 Å². The third-order valence-electron chi connectivity index (χ3n) is 10.5. The Kier molecular flexibility index (Phi) is 18.8. The van der Waals surface area contributed by atoms with Gasteiger partial charge in [-0.2, -0.15) is 15.3 Å². The van der Waals surface area contributed by atoms with Crippen LogP contribution in [-0.2, 0) is 0 Å². The number of hydrogen-bond acceptors (Lipinski definition) is 8. The van der Waals surface area contributed by atoms with E-state index in [9.17, 15) is 31.4 Å². The fourth-order valence-corrected chi connectivity index (χ4v) is 8.55. The van der Waals surface area contributed by atoms with Crippen LogP contribution in [0.5, 0.6) is 5.75 Å². The third kappa shape index (κ3) is 12.9. The molecular weight excluding hydrogens is 1080 g/mol. The highest BCUT2D eigenvalue weighted by Crippen LogP contribution is 2.44. The number of rotatable bonds is 6. The summed E-state index contributed by atoms with van der Waals surface area (Å²) < 4.78 is 83.5. The van der Waals surface area contributed by atoms with Crippen molar-refractivity contribution in [2.75, 3.05) is 0 Å². The topological polar surface area (TPSA) is 110 Å². The Bertz CT molecular complexity index is 3270. The molecule has 0 atom stereocenters. The maximum absolute atomic E-state index is 14.3. The second-order valence-corrected chi connectivity index (χ2v) is 17.7. The standard InChI is InChI=1S/C18H12ClF3N2.C17H9Cl2F3N2.C16H10Cl3N3O.C2H6/c1-9-3-5-11(6-4-9)15-10(2)23-24-18(19)17(15)16-13(21)7-12(20)8-14(16)22;1-8-14(9-2-4-10(18)5-3-9)16(17(19)24-23-8)15-12(21)6-11(20)7-13(15)22;1-8-13(9-2-4-10(17)5-3-9)14(16(19)22-21-8)15-12(18)6-11(23)7-20-15;1-2/h3-8H,1-2H3;2-7H,1H3;2-7,23H,1H3;1-2H3. The molecule has 4 heterocycles. The number of aryl methyl sites for hydroxylation is 4. The fraction of sp³-hybridized carbons (Fsp3) is 0.113. The highest BCUT2D eigenvalue weighted by Gasteiger charge is 2.26. The lowest BCUT2D eigenvalue weighted by molar-refractivity contribution is 0.473. The van der Waals surface area contributed by atoms with E-state index in [0.29, 0.717) is 84.9 Å². The Hall–Kier alpha value is -6.39. The largest absolute Gasteiger partial charge is 0.506 e. The summed E-state index contributed by atoms with van der Waals surface area (Å²) in [5.41, 5.74) is 6.55. The molecule has 1 N–H and O–H groups in total. The van der Waals surface area contributed by atoms with Crippen LogP contribution in [0.15, 0.2) is 109 Å². The van der Waals surface area contributed by atoms with Crippen molar-refractivity contribution >= 4 is 69.6 Å². The predicted octanol–water partition coefficient (Wildman–Crippen LogP) is 17.5. The zero-order chi connectivity index (χ0) is 53.4. The lowest BCUT2D eigenvalue weighted by atomic mass is 9.94. The molecule has 0 saturated carbocycles. The summed E-state index contributed by atoms with van der Waals surface area (Å²) in [4.78, 5) is 4.19. The van der Waals surface area contributed by atoms with E-state index < -0.39 is 46.0 Å². The van der Waals surface area contributed by atoms with Crippen LogP contribution in [-0.4, -0.2) is 40.7 Å². The first-order chi connectivity index (χ1) is 34.7. The lowest BCUT2D eigenvalue weighted by Gasteiger charge is -2.15. The summed E-state index contributed by atoms with van der Waals surface area (Å²) in [6.07, 6.45) is 1.30. The number of hydrogen-bond donors (Lipinski definition) is 1. The van der Waals surface area contributed by atoms with Gasteiger partial charge in [-0.3, -0.25) is 4.98 Å². The van der Waals surface area contributed by atoms with Crippen LogP contribution in [0.25, 0.3) is 66.9 Å². The Balaban J connectivity index is 0.000000176. The lowest BCUT2D eigenvalue weighted by Crippen LogP contribution is -2.01. The van der Waals surface area contributed by atoms with Gasteiger partial charge in [0.2, 0.25) is 0 Å². The minimum absolute atomic E-state index is 0.0153. The molecule has 5 aromatic carbocycles. The summed E-state index contributed by atoms with van der Waals surface area (Å²) in [6, 6.07) is 25.0. The molecule has 9 aromatic rings. The van der Waals surface area contributed by atoms with Crippen molar-refractivity contribution in [1.82, 2.24) is 35.6 Å². The highest BCUT2D eigenvalue weighted by molar-refractivity contribution is 6.36. The van der Waals surface area contributed by atoms with E-state index in [1.165, 1.54) is 12.3 Å². The Morgan fingerprint density at radius 3 is 1.04 bits per heavy atom. The summed E-state index contributed by atoms with van der Waals surface area (Å²) in [5, 5.41) is 34.1. The van der Waals surface area contributed by atoms with Crippen LogP contribution < -0.4 is 0 Å². The molecule has 0 unspecified atom stereocenters. The van der Waals surface area contributed by atoms with Gasteiger partial charge in [-0.25, -0.2) is 26.3 Å². The molecule has 0 aliphatic rings. The molecule has 73 heavy (non-hydrogen) atoms. The van der Waals surface area contributed by atoms with Gasteiger partial charge < -0.3 is 5.11 Å². The fourth-order valence-electron chi connectivity index (χ4n) is 7.37. The van der Waals surface area contributed by atoms with Gasteiger partial charge in [-0.1, -0.05) is 138 Å². The van der Waals surface area contributed by atoms with E-state index in [1.807, 2.05) is 52.0 Å². The van der Waals surface area contributed by atoms with Gasteiger partial charge in [0.1, 0.15) is 40.7 Å². The van der Waals surface area contributed by atoms with E-state index in [0.717, 1.165) is 16.7 Å². The molecule has 20 heteroatoms. The molecular formula is C53H37Cl6F6N7O. The van der Waals surface area contributed by atoms with Crippen molar-refractivity contribution in [3.8, 4) is 72.6 Å². The third-order valence-corrected chi connectivity index (χ3v) is 12.1. The van der Waals surface area contributed by atoms with Gasteiger partial charge >= 0.3 is 0 Å². The summed E-state index contributed by atoms with van der Waals surface area (Å²) in [7, 11) is 0. The quantitative estimate of drug-likeness (QED) is 0.164. The highest BCUT2D eigenvalue weighted by atomic mass is 35.5. The Morgan fingerprint density at radius 2 is 0.699 bits per heavy atom. The number of aromatic nitrogens is 7. The zero-order valence-electron chi connectivity index (χ0n) is 39.0. The molecule has 0 fully saturated rings. The first kappa shape index (κ1) is 55.9. The maximum Gasteiger partial charge on any atom is 0.161 e. The molecule has 4 aromatic heterocycles. The molecule has 374 valence electrons. The number of benzene rings is 5. The summed E-state index contributed by atoms with van der Waals surface area (Å²) in [6.45, 7) is 11.1. The first-order valence-corrected chi connectivity index (χ1v) is 23.8. The van der Waals surface area contributed by atoms with Crippen LogP contribution in [0, 0.1) is 62.6 Å². The van der Waals surface area contributed by atoms with E-state index in [4.69, 9.17) is 69.6 Å². The van der Waals surface area contributed by atoms with E-state index in [1.54, 1.807) is 62.4 Å². The average molecular weight is 1110 g/mol. The molecule has 0 bridgehead atoms. The molecule has 0 aliphatic heterocycles. The van der Waals surface area contributed by atoms with Crippen molar-refractivity contribution in [3.63, 3.8) is 0 Å². The minimum atomic E-state index is -1.07. The number of halogens is 12. The number of pyridine rings is 1. The average Bonchev–Trinajstić information content (AvgIpc) is 3.34. The van der Waals surface area contributed by atoms with Gasteiger partial charge in [-0.15, -0.1) is 15.3 Å². The van der Waals surface area contributed by atoms with E-state index in [2.05, 4.69) is 35.6 Å². The van der Waals surface area contributed by atoms with Gasteiger partial charge in [0.25, 0.3) is 0 Å².